The largest absolute Gasteiger partial charge is 0.488 e. The fourth-order valence-electron chi connectivity index (χ4n) is 2.78. The predicted molar refractivity (Wildman–Crippen MR) is 120 cm³/mol. The number of benzene rings is 1. The third-order valence-corrected chi connectivity index (χ3v) is 4.29. The first-order valence-electron chi connectivity index (χ1n) is 9.59. The summed E-state index contributed by atoms with van der Waals surface area (Å²) in [5.74, 6) is 1.73. The molecule has 1 atom stereocenters. The van der Waals surface area contributed by atoms with E-state index in [9.17, 15) is 0 Å². The van der Waals surface area contributed by atoms with E-state index in [-0.39, 0.29) is 30.1 Å². The number of hydrogen-bond acceptors (Lipinski definition) is 4. The van der Waals surface area contributed by atoms with Gasteiger partial charge in [0, 0.05) is 45.3 Å². The molecule has 0 bridgehead atoms. The smallest absolute Gasteiger partial charge is 0.191 e. The Morgan fingerprint density at radius 1 is 1.30 bits per heavy atom. The van der Waals surface area contributed by atoms with Crippen molar-refractivity contribution in [2.24, 2.45) is 4.99 Å². The molecule has 1 unspecified atom stereocenters. The van der Waals surface area contributed by atoms with Gasteiger partial charge in [-0.3, -0.25) is 4.99 Å². The van der Waals surface area contributed by atoms with Crippen molar-refractivity contribution in [1.82, 2.24) is 10.6 Å². The monoisotopic (exact) mass is 491 g/mol. The molecule has 2 N–H and O–H groups in total. The minimum atomic E-state index is 0. The van der Waals surface area contributed by atoms with E-state index < -0.39 is 0 Å². The summed E-state index contributed by atoms with van der Waals surface area (Å²) in [6.45, 7) is 8.70. The van der Waals surface area contributed by atoms with Crippen molar-refractivity contribution in [3.05, 3.63) is 29.3 Å². The summed E-state index contributed by atoms with van der Waals surface area (Å²) in [7, 11) is 1.79. The van der Waals surface area contributed by atoms with Crippen molar-refractivity contribution >= 4 is 29.9 Å². The minimum Gasteiger partial charge on any atom is -0.488 e. The Kier molecular flexibility index (Phi) is 12.4. The van der Waals surface area contributed by atoms with Gasteiger partial charge in [-0.15, -0.1) is 24.0 Å². The van der Waals surface area contributed by atoms with Crippen LogP contribution in [0.4, 0.5) is 0 Å². The van der Waals surface area contributed by atoms with E-state index in [1.165, 1.54) is 5.56 Å². The first-order valence-corrected chi connectivity index (χ1v) is 9.59. The lowest BCUT2D eigenvalue weighted by molar-refractivity contribution is 0.140. The third-order valence-electron chi connectivity index (χ3n) is 4.29. The lowest BCUT2D eigenvalue weighted by Gasteiger charge is -2.18. The van der Waals surface area contributed by atoms with Gasteiger partial charge in [-0.1, -0.05) is 12.1 Å². The summed E-state index contributed by atoms with van der Waals surface area (Å²) >= 11 is 0. The van der Waals surface area contributed by atoms with E-state index in [1.807, 2.05) is 6.92 Å². The number of rotatable bonds is 10. The highest BCUT2D eigenvalue weighted by atomic mass is 127. The summed E-state index contributed by atoms with van der Waals surface area (Å²) in [5.41, 5.74) is 2.32. The van der Waals surface area contributed by atoms with Crippen LogP contribution in [0.2, 0.25) is 0 Å². The molecule has 154 valence electrons. The molecule has 6 nitrogen and oxygen atoms in total. The van der Waals surface area contributed by atoms with Crippen LogP contribution >= 0.6 is 24.0 Å². The van der Waals surface area contributed by atoms with Crippen LogP contribution in [-0.2, 0) is 16.0 Å². The molecule has 0 aromatic heterocycles. The maximum absolute atomic E-state index is 6.15. The average molecular weight is 491 g/mol. The van der Waals surface area contributed by atoms with E-state index in [0.29, 0.717) is 13.2 Å². The molecular formula is C20H34IN3O3. The Bertz CT molecular complexity index is 563. The van der Waals surface area contributed by atoms with Crippen molar-refractivity contribution in [2.45, 2.75) is 45.8 Å². The molecule has 0 saturated carbocycles. The molecule has 1 aliphatic rings. The van der Waals surface area contributed by atoms with Crippen molar-refractivity contribution in [1.29, 1.82) is 0 Å². The SMILES string of the molecule is CCOCCCCNC(=NC)NCc1ccc(C)cc1OC1CCOC1.I. The molecule has 0 amide bonds. The lowest BCUT2D eigenvalue weighted by Crippen LogP contribution is -2.37. The van der Waals surface area contributed by atoms with Crippen LogP contribution in [-0.4, -0.2) is 52.1 Å². The maximum Gasteiger partial charge on any atom is 0.191 e. The molecule has 0 radical (unpaired) electrons. The molecule has 0 aliphatic carbocycles. The van der Waals surface area contributed by atoms with Gasteiger partial charge in [-0.25, -0.2) is 0 Å². The van der Waals surface area contributed by atoms with Gasteiger partial charge in [0.2, 0.25) is 0 Å². The van der Waals surface area contributed by atoms with Gasteiger partial charge in [-0.05, 0) is 38.3 Å². The molecule has 0 spiro atoms. The zero-order valence-corrected chi connectivity index (χ0v) is 19.1. The molecular weight excluding hydrogens is 457 g/mol. The van der Waals surface area contributed by atoms with E-state index >= 15 is 0 Å². The van der Waals surface area contributed by atoms with Gasteiger partial charge in [0.05, 0.1) is 13.2 Å². The Hall–Kier alpha value is -1.06. The highest BCUT2D eigenvalue weighted by molar-refractivity contribution is 14.0. The van der Waals surface area contributed by atoms with Crippen LogP contribution in [0.5, 0.6) is 5.75 Å². The fraction of sp³-hybridized carbons (Fsp3) is 0.650. The van der Waals surface area contributed by atoms with Gasteiger partial charge in [0.1, 0.15) is 11.9 Å². The summed E-state index contributed by atoms with van der Waals surface area (Å²) in [6, 6.07) is 6.32. The van der Waals surface area contributed by atoms with Gasteiger partial charge >= 0.3 is 0 Å². The second-order valence-corrected chi connectivity index (χ2v) is 6.47. The van der Waals surface area contributed by atoms with Crippen LogP contribution in [0.3, 0.4) is 0 Å². The Balaban J connectivity index is 0.00000364. The number of hydrogen-bond donors (Lipinski definition) is 2. The molecule has 1 saturated heterocycles. The van der Waals surface area contributed by atoms with Crippen LogP contribution < -0.4 is 15.4 Å². The summed E-state index contributed by atoms with van der Waals surface area (Å²) in [4.78, 5) is 4.29. The molecule has 1 fully saturated rings. The van der Waals surface area contributed by atoms with Crippen molar-refractivity contribution in [3.63, 3.8) is 0 Å². The molecule has 1 heterocycles. The second-order valence-electron chi connectivity index (χ2n) is 6.47. The molecule has 2 rings (SSSR count). The second kappa shape index (κ2) is 14.0. The number of halogens is 1. The Morgan fingerprint density at radius 3 is 2.85 bits per heavy atom. The highest BCUT2D eigenvalue weighted by Crippen LogP contribution is 2.23. The van der Waals surface area contributed by atoms with Crippen LogP contribution in [0.1, 0.15) is 37.3 Å². The maximum atomic E-state index is 6.15. The van der Waals surface area contributed by atoms with Crippen LogP contribution in [0.15, 0.2) is 23.2 Å². The number of unbranched alkanes of at least 4 members (excludes halogenated alkanes) is 1. The number of ether oxygens (including phenoxy) is 3. The Morgan fingerprint density at radius 2 is 2.15 bits per heavy atom. The van der Waals surface area contributed by atoms with Crippen molar-refractivity contribution in [3.8, 4) is 5.75 Å². The standard InChI is InChI=1S/C20H33N3O3.HI/c1-4-24-11-6-5-10-22-20(21-3)23-14-17-8-7-16(2)13-19(17)26-18-9-12-25-15-18;/h7-8,13,18H,4-6,9-12,14-15H2,1-3H3,(H2,21,22,23);1H. The summed E-state index contributed by atoms with van der Waals surface area (Å²) in [6.07, 6.45) is 3.21. The Labute approximate surface area is 180 Å². The molecule has 1 aromatic carbocycles. The van der Waals surface area contributed by atoms with E-state index in [0.717, 1.165) is 62.9 Å². The van der Waals surface area contributed by atoms with Gasteiger partial charge in [0.15, 0.2) is 5.96 Å². The van der Waals surface area contributed by atoms with Gasteiger partial charge < -0.3 is 24.8 Å². The predicted octanol–water partition coefficient (Wildman–Crippen LogP) is 3.26. The van der Waals surface area contributed by atoms with Gasteiger partial charge in [0.25, 0.3) is 0 Å². The van der Waals surface area contributed by atoms with E-state index in [1.54, 1.807) is 7.05 Å². The molecule has 1 aliphatic heterocycles. The average Bonchev–Trinajstić information content (AvgIpc) is 3.15. The van der Waals surface area contributed by atoms with Gasteiger partial charge in [-0.2, -0.15) is 0 Å². The topological polar surface area (TPSA) is 64.1 Å². The fourth-order valence-corrected chi connectivity index (χ4v) is 2.78. The zero-order valence-electron chi connectivity index (χ0n) is 16.8. The third kappa shape index (κ3) is 9.12. The van der Waals surface area contributed by atoms with Crippen LogP contribution in [0, 0.1) is 6.92 Å². The zero-order chi connectivity index (χ0) is 18.6. The number of nitrogens with one attached hydrogen (secondary N) is 2. The highest BCUT2D eigenvalue weighted by Gasteiger charge is 2.18. The quantitative estimate of drug-likeness (QED) is 0.228. The minimum absolute atomic E-state index is 0. The normalized spacial score (nSPS) is 16.7. The van der Waals surface area contributed by atoms with Crippen molar-refractivity contribution in [2.75, 3.05) is 40.0 Å². The van der Waals surface area contributed by atoms with E-state index in [4.69, 9.17) is 14.2 Å². The molecule has 1 aromatic rings. The summed E-state index contributed by atoms with van der Waals surface area (Å²) < 4.78 is 16.9. The van der Waals surface area contributed by atoms with Crippen LogP contribution in [0.25, 0.3) is 0 Å². The first-order chi connectivity index (χ1) is 12.7. The number of nitrogens with zero attached hydrogens (tertiary/aromatic N) is 1. The molecule has 27 heavy (non-hydrogen) atoms. The van der Waals surface area contributed by atoms with Crippen molar-refractivity contribution < 1.29 is 14.2 Å². The first kappa shape index (κ1) is 24.0. The molecule has 7 heteroatoms. The summed E-state index contributed by atoms with van der Waals surface area (Å²) in [5, 5.41) is 6.71. The lowest BCUT2D eigenvalue weighted by atomic mass is 10.1. The number of aryl methyl sites for hydroxylation is 1. The number of guanidine groups is 1. The van der Waals surface area contributed by atoms with E-state index in [2.05, 4.69) is 40.7 Å². The number of aliphatic imine (C=N–C) groups is 1.